The van der Waals surface area contributed by atoms with Gasteiger partial charge in [0.25, 0.3) is 10.1 Å². The van der Waals surface area contributed by atoms with Crippen LogP contribution in [-0.2, 0) is 23.8 Å². The summed E-state index contributed by atoms with van der Waals surface area (Å²) in [6, 6.07) is 9.30. The first-order chi connectivity index (χ1) is 11.1. The highest BCUT2D eigenvalue weighted by Gasteiger charge is 2.18. The summed E-state index contributed by atoms with van der Waals surface area (Å²) in [5.41, 5.74) is 0.268. The maximum atomic E-state index is 11.8. The molecule has 0 radical (unpaired) electrons. The van der Waals surface area contributed by atoms with Crippen molar-refractivity contribution in [3.05, 3.63) is 35.9 Å². The number of benzene rings is 1. The highest BCUT2D eigenvalue weighted by Crippen LogP contribution is 2.16. The summed E-state index contributed by atoms with van der Waals surface area (Å²) in [5, 5.41) is 2.65. The van der Waals surface area contributed by atoms with Gasteiger partial charge in [0.15, 0.2) is 0 Å². The third-order valence-corrected chi connectivity index (χ3v) is 3.30. The van der Waals surface area contributed by atoms with Crippen molar-refractivity contribution in [2.75, 3.05) is 26.0 Å². The molecule has 0 aromatic heterocycles. The molecule has 24 heavy (non-hydrogen) atoms. The molecule has 0 aliphatic carbocycles. The Hall–Kier alpha value is -1.64. The number of ether oxygens (including phenoxy) is 2. The van der Waals surface area contributed by atoms with Crippen LogP contribution in [0, 0.1) is 0 Å². The summed E-state index contributed by atoms with van der Waals surface area (Å²) in [6.07, 6.45) is -0.00700. The van der Waals surface area contributed by atoms with Crippen molar-refractivity contribution < 1.29 is 26.9 Å². The summed E-state index contributed by atoms with van der Waals surface area (Å²) >= 11 is 0. The normalized spacial score (nSPS) is 13.3. The van der Waals surface area contributed by atoms with Gasteiger partial charge < -0.3 is 14.8 Å². The summed E-state index contributed by atoms with van der Waals surface area (Å²) in [7, 11) is -3.50. The van der Waals surface area contributed by atoms with Crippen LogP contribution in [0.15, 0.2) is 30.3 Å². The third-order valence-electron chi connectivity index (χ3n) is 2.70. The highest BCUT2D eigenvalue weighted by molar-refractivity contribution is 7.85. The van der Waals surface area contributed by atoms with E-state index in [1.807, 2.05) is 30.3 Å². The molecule has 0 aliphatic rings. The van der Waals surface area contributed by atoms with E-state index in [0.717, 1.165) is 11.8 Å². The first kappa shape index (κ1) is 20.4. The van der Waals surface area contributed by atoms with Crippen LogP contribution in [0.25, 0.3) is 0 Å². The van der Waals surface area contributed by atoms with E-state index in [9.17, 15) is 13.2 Å². The molecule has 1 amide bonds. The second-order valence-electron chi connectivity index (χ2n) is 6.18. The van der Waals surface area contributed by atoms with Gasteiger partial charge in [-0.05, 0) is 26.3 Å². The minimum absolute atomic E-state index is 0.0721. The van der Waals surface area contributed by atoms with Gasteiger partial charge in [0.1, 0.15) is 11.7 Å². The Morgan fingerprint density at radius 2 is 1.79 bits per heavy atom. The Morgan fingerprint density at radius 1 is 1.17 bits per heavy atom. The summed E-state index contributed by atoms with van der Waals surface area (Å²) < 4.78 is 37.4. The van der Waals surface area contributed by atoms with E-state index < -0.39 is 27.9 Å². The lowest BCUT2D eigenvalue weighted by molar-refractivity contribution is 0.0247. The molecule has 0 fully saturated rings. The first-order valence-corrected chi connectivity index (χ1v) is 9.36. The smallest absolute Gasteiger partial charge is 0.407 e. The van der Waals surface area contributed by atoms with Gasteiger partial charge in [0, 0.05) is 0 Å². The Morgan fingerprint density at radius 3 is 2.33 bits per heavy atom. The van der Waals surface area contributed by atoms with Crippen LogP contribution in [0.3, 0.4) is 0 Å². The van der Waals surface area contributed by atoms with Crippen LogP contribution in [0.1, 0.15) is 32.4 Å². The standard InChI is InChI=1S/C16H25NO6S/c1-16(2,3)23-15(18)17-12-14(13-8-6-5-7-9-13)21-10-11-22-24(4,19)20/h5-9,14H,10-12H2,1-4H3,(H,17,18). The van der Waals surface area contributed by atoms with Gasteiger partial charge >= 0.3 is 6.09 Å². The fourth-order valence-electron chi connectivity index (χ4n) is 1.81. The molecule has 1 aromatic carbocycles. The Labute approximate surface area is 143 Å². The molecule has 7 nitrogen and oxygen atoms in total. The molecule has 1 rings (SSSR count). The molecule has 1 N–H and O–H groups in total. The van der Waals surface area contributed by atoms with Crippen molar-refractivity contribution in [1.29, 1.82) is 0 Å². The maximum Gasteiger partial charge on any atom is 0.407 e. The van der Waals surface area contributed by atoms with Crippen LogP contribution in [0.5, 0.6) is 0 Å². The van der Waals surface area contributed by atoms with Crippen LogP contribution >= 0.6 is 0 Å². The van der Waals surface area contributed by atoms with Gasteiger partial charge in [-0.1, -0.05) is 30.3 Å². The SMILES string of the molecule is CC(C)(C)OC(=O)NCC(OCCOS(C)(=O)=O)c1ccccc1. The molecule has 0 saturated carbocycles. The predicted octanol–water partition coefficient (Wildman–Crippen LogP) is 2.25. The number of rotatable bonds is 8. The molecule has 136 valence electrons. The number of hydrogen-bond acceptors (Lipinski definition) is 6. The van der Waals surface area contributed by atoms with Gasteiger partial charge in [-0.2, -0.15) is 8.42 Å². The van der Waals surface area contributed by atoms with E-state index in [2.05, 4.69) is 9.50 Å². The summed E-state index contributed by atoms with van der Waals surface area (Å²) in [5.74, 6) is 0. The van der Waals surface area contributed by atoms with Gasteiger partial charge in [-0.15, -0.1) is 0 Å². The highest BCUT2D eigenvalue weighted by atomic mass is 32.2. The van der Waals surface area contributed by atoms with Crippen molar-refractivity contribution in [2.45, 2.75) is 32.5 Å². The minimum atomic E-state index is -3.50. The second-order valence-corrected chi connectivity index (χ2v) is 7.82. The largest absolute Gasteiger partial charge is 0.444 e. The molecule has 0 saturated heterocycles. The van der Waals surface area contributed by atoms with E-state index in [1.54, 1.807) is 20.8 Å². The average molecular weight is 359 g/mol. The number of carbonyl (C=O) groups is 1. The van der Waals surface area contributed by atoms with Gasteiger partial charge in [-0.3, -0.25) is 4.18 Å². The van der Waals surface area contributed by atoms with E-state index in [0.29, 0.717) is 0 Å². The van der Waals surface area contributed by atoms with Crippen LogP contribution in [-0.4, -0.2) is 46.1 Å². The average Bonchev–Trinajstić information content (AvgIpc) is 2.44. The predicted molar refractivity (Wildman–Crippen MR) is 90.2 cm³/mol. The van der Waals surface area contributed by atoms with Crippen molar-refractivity contribution in [3.8, 4) is 0 Å². The second kappa shape index (κ2) is 9.00. The summed E-state index contributed by atoms with van der Waals surface area (Å²) in [6.45, 7) is 5.51. The number of carbonyl (C=O) groups excluding carboxylic acids is 1. The molecule has 0 bridgehead atoms. The molecule has 0 heterocycles. The van der Waals surface area contributed by atoms with Gasteiger partial charge in [-0.25, -0.2) is 4.79 Å². The quantitative estimate of drug-likeness (QED) is 0.565. The van der Waals surface area contributed by atoms with E-state index in [4.69, 9.17) is 9.47 Å². The third kappa shape index (κ3) is 9.49. The fourth-order valence-corrected chi connectivity index (χ4v) is 2.18. The van der Waals surface area contributed by atoms with Gasteiger partial charge in [0.2, 0.25) is 0 Å². The zero-order valence-electron chi connectivity index (χ0n) is 14.4. The zero-order chi connectivity index (χ0) is 18.2. The lowest BCUT2D eigenvalue weighted by atomic mass is 10.1. The molecule has 8 heteroatoms. The Balaban J connectivity index is 2.58. The van der Waals surface area contributed by atoms with Crippen molar-refractivity contribution >= 4 is 16.2 Å². The molecule has 0 spiro atoms. The van der Waals surface area contributed by atoms with E-state index >= 15 is 0 Å². The Bertz CT molecular complexity index is 609. The molecule has 0 aliphatic heterocycles. The van der Waals surface area contributed by atoms with Crippen molar-refractivity contribution in [3.63, 3.8) is 0 Å². The van der Waals surface area contributed by atoms with Crippen LogP contribution in [0.2, 0.25) is 0 Å². The zero-order valence-corrected chi connectivity index (χ0v) is 15.3. The lowest BCUT2D eigenvalue weighted by Crippen LogP contribution is -2.35. The Kier molecular flexibility index (Phi) is 7.65. The summed E-state index contributed by atoms with van der Waals surface area (Å²) in [4.78, 5) is 11.8. The van der Waals surface area contributed by atoms with Crippen LogP contribution in [0.4, 0.5) is 4.79 Å². The molecule has 1 unspecified atom stereocenters. The number of nitrogens with one attached hydrogen (secondary N) is 1. The van der Waals surface area contributed by atoms with Gasteiger partial charge in [0.05, 0.1) is 26.0 Å². The van der Waals surface area contributed by atoms with Crippen molar-refractivity contribution in [1.82, 2.24) is 5.32 Å². The lowest BCUT2D eigenvalue weighted by Gasteiger charge is -2.22. The van der Waals surface area contributed by atoms with Crippen LogP contribution < -0.4 is 5.32 Å². The van der Waals surface area contributed by atoms with Crippen molar-refractivity contribution in [2.24, 2.45) is 0 Å². The number of hydrogen-bond donors (Lipinski definition) is 1. The minimum Gasteiger partial charge on any atom is -0.444 e. The topological polar surface area (TPSA) is 90.9 Å². The monoisotopic (exact) mass is 359 g/mol. The molecular weight excluding hydrogens is 334 g/mol. The molecular formula is C16H25NO6S. The first-order valence-electron chi connectivity index (χ1n) is 7.54. The van der Waals surface area contributed by atoms with E-state index in [-0.39, 0.29) is 19.8 Å². The van der Waals surface area contributed by atoms with E-state index in [1.165, 1.54) is 0 Å². The molecule has 1 atom stereocenters. The number of alkyl carbamates (subject to hydrolysis) is 1. The maximum absolute atomic E-state index is 11.8. The molecule has 1 aromatic rings. The fraction of sp³-hybridized carbons (Fsp3) is 0.562. The number of amides is 1.